The van der Waals surface area contributed by atoms with Crippen molar-refractivity contribution in [1.29, 1.82) is 0 Å². The van der Waals surface area contributed by atoms with Crippen LogP contribution in [0.25, 0.3) is 0 Å². The molecule has 4 rings (SSSR count). The first kappa shape index (κ1) is 24.8. The van der Waals surface area contributed by atoms with Crippen LogP contribution in [0.4, 0.5) is 0 Å². The van der Waals surface area contributed by atoms with Gasteiger partial charge in [0.15, 0.2) is 6.61 Å². The number of imide groups is 2. The molecule has 2 fully saturated rings. The van der Waals surface area contributed by atoms with E-state index in [4.69, 9.17) is 10.5 Å². The number of nitrogens with zero attached hydrogens (tertiary/aromatic N) is 2. The molecule has 0 radical (unpaired) electrons. The number of unbranched alkanes of at least 4 members (excludes halogenated alkanes) is 1. The molecule has 2 saturated heterocycles. The highest BCUT2D eigenvalue weighted by atomic mass is 16.5. The lowest BCUT2D eigenvalue weighted by atomic mass is 10.0. The Morgan fingerprint density at radius 3 is 2.54 bits per heavy atom. The summed E-state index contributed by atoms with van der Waals surface area (Å²) in [7, 11) is 0. The number of carbonyl (C=O) groups excluding carboxylic acids is 5. The summed E-state index contributed by atoms with van der Waals surface area (Å²) < 4.78 is 5.52. The van der Waals surface area contributed by atoms with Crippen molar-refractivity contribution in [3.05, 3.63) is 29.3 Å². The topological polar surface area (TPSA) is 151 Å². The van der Waals surface area contributed by atoms with E-state index in [-0.39, 0.29) is 42.2 Å². The standard InChI is InChI=1S/C24H31N5O6/c25-15-7-11-28(12-8-15)10-2-1-9-26-21(31)14-35-16-3-4-17-18(13-16)24(34)29(23(17)33)19-5-6-20(30)27-22(19)32/h3-4,13,15,19H,1-2,5-12,14,25H2,(H,26,31)(H,27,30,32). The van der Waals surface area contributed by atoms with Gasteiger partial charge in [0.05, 0.1) is 11.1 Å². The average Bonchev–Trinajstić information content (AvgIpc) is 3.08. The third-order valence-corrected chi connectivity index (χ3v) is 6.64. The summed E-state index contributed by atoms with van der Waals surface area (Å²) in [6, 6.07) is 3.65. The Hall–Kier alpha value is -3.31. The van der Waals surface area contributed by atoms with E-state index < -0.39 is 29.7 Å². The van der Waals surface area contributed by atoms with Gasteiger partial charge in [-0.25, -0.2) is 0 Å². The lowest BCUT2D eigenvalue weighted by Crippen LogP contribution is -2.54. The summed E-state index contributed by atoms with van der Waals surface area (Å²) in [5.41, 5.74) is 6.19. The van der Waals surface area contributed by atoms with Gasteiger partial charge >= 0.3 is 0 Å². The molecule has 188 valence electrons. The van der Waals surface area contributed by atoms with Gasteiger partial charge in [-0.1, -0.05) is 0 Å². The molecule has 0 aromatic heterocycles. The normalized spacial score (nSPS) is 21.2. The number of rotatable bonds is 9. The van der Waals surface area contributed by atoms with Crippen molar-refractivity contribution in [2.45, 2.75) is 50.6 Å². The quantitative estimate of drug-likeness (QED) is 0.321. The minimum Gasteiger partial charge on any atom is -0.484 e. The number of amides is 5. The monoisotopic (exact) mass is 485 g/mol. The van der Waals surface area contributed by atoms with E-state index in [9.17, 15) is 24.0 Å². The Morgan fingerprint density at radius 1 is 1.06 bits per heavy atom. The summed E-state index contributed by atoms with van der Waals surface area (Å²) in [5.74, 6) is -2.30. The van der Waals surface area contributed by atoms with Gasteiger partial charge in [-0.2, -0.15) is 0 Å². The van der Waals surface area contributed by atoms with Crippen molar-refractivity contribution in [3.8, 4) is 5.75 Å². The first-order valence-electron chi connectivity index (χ1n) is 12.1. The van der Waals surface area contributed by atoms with Gasteiger partial charge in [0, 0.05) is 19.0 Å². The summed E-state index contributed by atoms with van der Waals surface area (Å²) in [6.07, 6.45) is 4.06. The molecule has 0 saturated carbocycles. The van der Waals surface area contributed by atoms with Crippen LogP contribution in [0.3, 0.4) is 0 Å². The number of nitrogens with two attached hydrogens (primary N) is 1. The van der Waals surface area contributed by atoms with Crippen LogP contribution in [0.5, 0.6) is 5.75 Å². The average molecular weight is 486 g/mol. The van der Waals surface area contributed by atoms with Crippen LogP contribution in [0.2, 0.25) is 0 Å². The Balaban J connectivity index is 1.22. The minimum atomic E-state index is -1.03. The van der Waals surface area contributed by atoms with E-state index >= 15 is 0 Å². The lowest BCUT2D eigenvalue weighted by molar-refractivity contribution is -0.136. The summed E-state index contributed by atoms with van der Waals surface area (Å²) >= 11 is 0. The minimum absolute atomic E-state index is 0.0558. The maximum absolute atomic E-state index is 12.9. The van der Waals surface area contributed by atoms with Crippen LogP contribution < -0.4 is 21.1 Å². The second kappa shape index (κ2) is 11.0. The molecule has 1 aromatic rings. The molecular weight excluding hydrogens is 454 g/mol. The molecule has 1 unspecified atom stereocenters. The van der Waals surface area contributed by atoms with Crippen LogP contribution in [-0.2, 0) is 14.4 Å². The number of fused-ring (bicyclic) bond motifs is 1. The van der Waals surface area contributed by atoms with E-state index in [1.165, 1.54) is 18.2 Å². The van der Waals surface area contributed by atoms with Gasteiger partial charge in [-0.05, 0) is 69.9 Å². The number of likely N-dealkylation sites (tertiary alicyclic amines) is 1. The molecule has 4 N–H and O–H groups in total. The van der Waals surface area contributed by atoms with Crippen molar-refractivity contribution in [2.75, 3.05) is 32.8 Å². The van der Waals surface area contributed by atoms with Crippen molar-refractivity contribution in [3.63, 3.8) is 0 Å². The number of benzene rings is 1. The maximum Gasteiger partial charge on any atom is 0.262 e. The predicted molar refractivity (Wildman–Crippen MR) is 125 cm³/mol. The zero-order chi connectivity index (χ0) is 24.9. The molecule has 11 nitrogen and oxygen atoms in total. The summed E-state index contributed by atoms with van der Waals surface area (Å²) in [5, 5.41) is 4.98. The summed E-state index contributed by atoms with van der Waals surface area (Å²) in [4.78, 5) is 64.5. The Bertz CT molecular complexity index is 1020. The highest BCUT2D eigenvalue weighted by molar-refractivity contribution is 6.23. The molecule has 1 atom stereocenters. The van der Waals surface area contributed by atoms with Crippen LogP contribution in [-0.4, -0.2) is 84.2 Å². The van der Waals surface area contributed by atoms with Gasteiger partial charge in [-0.15, -0.1) is 0 Å². The van der Waals surface area contributed by atoms with Crippen LogP contribution >= 0.6 is 0 Å². The number of carbonyl (C=O) groups is 5. The fraction of sp³-hybridized carbons (Fsp3) is 0.542. The molecule has 35 heavy (non-hydrogen) atoms. The first-order chi connectivity index (χ1) is 16.8. The van der Waals surface area contributed by atoms with Gasteiger partial charge in [0.25, 0.3) is 17.7 Å². The first-order valence-corrected chi connectivity index (χ1v) is 12.1. The highest BCUT2D eigenvalue weighted by Crippen LogP contribution is 2.30. The van der Waals surface area contributed by atoms with Crippen LogP contribution in [0.1, 0.15) is 59.2 Å². The Kier molecular flexibility index (Phi) is 7.76. The highest BCUT2D eigenvalue weighted by Gasteiger charge is 2.44. The number of nitrogens with one attached hydrogen (secondary N) is 2. The SMILES string of the molecule is NC1CCN(CCCCNC(=O)COc2ccc3c(c2)C(=O)N(C2CCC(=O)NC2=O)C3=O)CC1. The smallest absolute Gasteiger partial charge is 0.262 e. The van der Waals surface area contributed by atoms with Gasteiger partial charge in [0.2, 0.25) is 11.8 Å². The Labute approximate surface area is 203 Å². The molecule has 3 aliphatic heterocycles. The van der Waals surface area contributed by atoms with Gasteiger partial charge in [-0.3, -0.25) is 34.2 Å². The zero-order valence-corrected chi connectivity index (χ0v) is 19.6. The fourth-order valence-corrected chi connectivity index (χ4v) is 4.60. The van der Waals surface area contributed by atoms with Crippen molar-refractivity contribution in [2.24, 2.45) is 5.73 Å². The molecule has 0 aliphatic carbocycles. The van der Waals surface area contributed by atoms with Crippen molar-refractivity contribution >= 4 is 29.5 Å². The van der Waals surface area contributed by atoms with E-state index in [1.807, 2.05) is 0 Å². The number of piperidine rings is 2. The third kappa shape index (κ3) is 5.85. The summed E-state index contributed by atoms with van der Waals surface area (Å²) in [6.45, 7) is 3.38. The third-order valence-electron chi connectivity index (χ3n) is 6.64. The largest absolute Gasteiger partial charge is 0.484 e. The Morgan fingerprint density at radius 2 is 1.80 bits per heavy atom. The van der Waals surface area contributed by atoms with Gasteiger partial charge in [0.1, 0.15) is 11.8 Å². The second-order valence-electron chi connectivity index (χ2n) is 9.18. The van der Waals surface area contributed by atoms with Crippen LogP contribution in [0.15, 0.2) is 18.2 Å². The fourth-order valence-electron chi connectivity index (χ4n) is 4.60. The zero-order valence-electron chi connectivity index (χ0n) is 19.6. The molecule has 0 spiro atoms. The van der Waals surface area contributed by atoms with Crippen LogP contribution in [0, 0.1) is 0 Å². The lowest BCUT2D eigenvalue weighted by Gasteiger charge is -2.29. The molecule has 5 amide bonds. The molecule has 1 aromatic carbocycles. The number of ether oxygens (including phenoxy) is 1. The molecule has 3 heterocycles. The molecule has 11 heteroatoms. The van der Waals surface area contributed by atoms with E-state index in [0.717, 1.165) is 50.2 Å². The van der Waals surface area contributed by atoms with E-state index in [1.54, 1.807) is 0 Å². The molecule has 3 aliphatic rings. The van der Waals surface area contributed by atoms with Crippen molar-refractivity contribution < 1.29 is 28.7 Å². The van der Waals surface area contributed by atoms with E-state index in [0.29, 0.717) is 12.6 Å². The number of hydrogen-bond acceptors (Lipinski definition) is 8. The van der Waals surface area contributed by atoms with Crippen molar-refractivity contribution in [1.82, 2.24) is 20.4 Å². The maximum atomic E-state index is 12.9. The van der Waals surface area contributed by atoms with E-state index in [2.05, 4.69) is 15.5 Å². The van der Waals surface area contributed by atoms with Gasteiger partial charge < -0.3 is 20.7 Å². The molecular formula is C24H31N5O6. The number of hydrogen-bond donors (Lipinski definition) is 3. The molecule has 0 bridgehead atoms. The second-order valence-corrected chi connectivity index (χ2v) is 9.18. The predicted octanol–water partition coefficient (Wildman–Crippen LogP) is -0.214.